The van der Waals surface area contributed by atoms with Crippen molar-refractivity contribution in [2.75, 3.05) is 7.11 Å². The summed E-state index contributed by atoms with van der Waals surface area (Å²) in [6.45, 7) is 0.724. The van der Waals surface area contributed by atoms with Gasteiger partial charge in [-0.3, -0.25) is 9.59 Å². The van der Waals surface area contributed by atoms with Gasteiger partial charge in [-0.2, -0.15) is 5.26 Å². The molecule has 7 nitrogen and oxygen atoms in total. The van der Waals surface area contributed by atoms with E-state index in [0.29, 0.717) is 42.4 Å². The highest BCUT2D eigenvalue weighted by Crippen LogP contribution is 2.45. The molecule has 0 saturated heterocycles. The van der Waals surface area contributed by atoms with Gasteiger partial charge in [0.15, 0.2) is 0 Å². The normalized spacial score (nSPS) is 20.6. The Bertz CT molecular complexity index is 804. The summed E-state index contributed by atoms with van der Waals surface area (Å²) in [5.41, 5.74) is 1.13. The average Bonchev–Trinajstić information content (AvgIpc) is 3.15. The van der Waals surface area contributed by atoms with Crippen LogP contribution < -0.4 is 10.1 Å². The van der Waals surface area contributed by atoms with Crippen LogP contribution in [0.15, 0.2) is 6.07 Å². The smallest absolute Gasteiger partial charge is 0.256 e. The topological polar surface area (TPSA) is 95.3 Å². The number of methoxy groups -OCH3 is 1. The maximum atomic E-state index is 12.8. The van der Waals surface area contributed by atoms with Crippen LogP contribution in [0, 0.1) is 16.7 Å². The van der Waals surface area contributed by atoms with E-state index in [1.165, 1.54) is 20.0 Å². The fraction of sp³-hybridized carbons (Fsp3) is 0.579. The summed E-state index contributed by atoms with van der Waals surface area (Å²) >= 11 is 0. The Kier molecular flexibility index (Phi) is 4.06. The van der Waals surface area contributed by atoms with Crippen LogP contribution >= 0.6 is 0 Å². The largest absolute Gasteiger partial charge is 0.481 e. The molecule has 0 unspecified atom stereocenters. The minimum Gasteiger partial charge on any atom is -0.481 e. The molecule has 0 atom stereocenters. The van der Waals surface area contributed by atoms with Crippen molar-refractivity contribution < 1.29 is 14.3 Å². The molecule has 1 aliphatic heterocycles. The molecule has 0 spiro atoms. The molecule has 1 aromatic heterocycles. The molecule has 1 N–H and O–H groups in total. The number of carbonyl (C=O) groups excluding carboxylic acids is 2. The molecule has 2 amide bonds. The fourth-order valence-electron chi connectivity index (χ4n) is 3.94. The van der Waals surface area contributed by atoms with E-state index in [-0.39, 0.29) is 18.4 Å². The van der Waals surface area contributed by atoms with Crippen molar-refractivity contribution in [2.24, 2.45) is 5.41 Å². The first-order valence-electron chi connectivity index (χ1n) is 9.15. The first kappa shape index (κ1) is 16.8. The van der Waals surface area contributed by atoms with Crippen LogP contribution in [0.25, 0.3) is 0 Å². The van der Waals surface area contributed by atoms with E-state index >= 15 is 0 Å². The Balaban J connectivity index is 1.53. The van der Waals surface area contributed by atoms with Crippen molar-refractivity contribution in [3.63, 3.8) is 0 Å². The van der Waals surface area contributed by atoms with Gasteiger partial charge >= 0.3 is 0 Å². The first-order chi connectivity index (χ1) is 12.6. The maximum absolute atomic E-state index is 12.8. The second kappa shape index (κ2) is 6.27. The maximum Gasteiger partial charge on any atom is 0.256 e. The Hall–Kier alpha value is -2.62. The molecular weight excluding hydrogens is 332 g/mol. The van der Waals surface area contributed by atoms with Crippen molar-refractivity contribution in [1.29, 1.82) is 5.26 Å². The molecule has 1 aromatic rings. The van der Waals surface area contributed by atoms with Gasteiger partial charge in [0.1, 0.15) is 5.41 Å². The Morgan fingerprint density at radius 1 is 1.46 bits per heavy atom. The van der Waals surface area contributed by atoms with Gasteiger partial charge in [0, 0.05) is 18.2 Å². The zero-order valence-electron chi connectivity index (χ0n) is 14.9. The summed E-state index contributed by atoms with van der Waals surface area (Å²) < 4.78 is 5.37. The Morgan fingerprint density at radius 2 is 2.19 bits per heavy atom. The molecule has 2 heterocycles. The third-order valence-corrected chi connectivity index (χ3v) is 5.75. The van der Waals surface area contributed by atoms with E-state index in [9.17, 15) is 9.59 Å². The number of nitriles is 1. The predicted molar refractivity (Wildman–Crippen MR) is 92.0 cm³/mol. The molecule has 2 saturated carbocycles. The number of amides is 2. The highest BCUT2D eigenvalue weighted by Gasteiger charge is 2.50. The van der Waals surface area contributed by atoms with Crippen LogP contribution in [-0.2, 0) is 17.9 Å². The van der Waals surface area contributed by atoms with Gasteiger partial charge < -0.3 is 15.0 Å². The predicted octanol–water partition coefficient (Wildman–Crippen LogP) is 1.91. The standard InChI is InChI=1S/C19H22N4O3/c1-26-16-12(9-21-18(25)19(11-20)6-7-19)8-14-15(22-16)10-23(17(14)24)13-4-2-3-5-13/h8,13H,2-7,9-10H2,1H3,(H,21,25). The van der Waals surface area contributed by atoms with Crippen molar-refractivity contribution in [2.45, 2.75) is 57.7 Å². The fourth-order valence-corrected chi connectivity index (χ4v) is 3.94. The van der Waals surface area contributed by atoms with Crippen molar-refractivity contribution in [1.82, 2.24) is 15.2 Å². The molecule has 3 aliphatic rings. The summed E-state index contributed by atoms with van der Waals surface area (Å²) in [6.07, 6.45) is 5.64. The van der Waals surface area contributed by atoms with E-state index in [1.807, 2.05) is 4.90 Å². The third kappa shape index (κ3) is 2.70. The van der Waals surface area contributed by atoms with E-state index in [4.69, 9.17) is 10.00 Å². The van der Waals surface area contributed by atoms with Gasteiger partial charge in [-0.25, -0.2) is 4.98 Å². The van der Waals surface area contributed by atoms with E-state index in [1.54, 1.807) is 6.07 Å². The quantitative estimate of drug-likeness (QED) is 0.871. The van der Waals surface area contributed by atoms with E-state index in [0.717, 1.165) is 18.5 Å². The van der Waals surface area contributed by atoms with Crippen LogP contribution in [0.2, 0.25) is 0 Å². The van der Waals surface area contributed by atoms with Crippen LogP contribution in [0.3, 0.4) is 0 Å². The summed E-state index contributed by atoms with van der Waals surface area (Å²) in [4.78, 5) is 31.4. The summed E-state index contributed by atoms with van der Waals surface area (Å²) in [5, 5.41) is 11.9. The zero-order valence-corrected chi connectivity index (χ0v) is 14.9. The van der Waals surface area contributed by atoms with Gasteiger partial charge in [0.2, 0.25) is 11.8 Å². The van der Waals surface area contributed by atoms with Crippen LogP contribution in [0.4, 0.5) is 0 Å². The van der Waals surface area contributed by atoms with E-state index < -0.39 is 5.41 Å². The van der Waals surface area contributed by atoms with Gasteiger partial charge in [-0.15, -0.1) is 0 Å². The molecule has 2 fully saturated rings. The monoisotopic (exact) mass is 354 g/mol. The van der Waals surface area contributed by atoms with Crippen LogP contribution in [0.5, 0.6) is 5.88 Å². The first-order valence-corrected chi connectivity index (χ1v) is 9.15. The summed E-state index contributed by atoms with van der Waals surface area (Å²) in [6, 6.07) is 4.17. The number of rotatable bonds is 5. The molecule has 26 heavy (non-hydrogen) atoms. The number of nitrogens with zero attached hydrogens (tertiary/aromatic N) is 3. The Labute approximate surface area is 152 Å². The molecular formula is C19H22N4O3. The molecule has 2 aliphatic carbocycles. The summed E-state index contributed by atoms with van der Waals surface area (Å²) in [5.74, 6) is 0.179. The number of fused-ring (bicyclic) bond motifs is 1. The molecule has 136 valence electrons. The molecule has 0 aromatic carbocycles. The van der Waals surface area contributed by atoms with Gasteiger partial charge in [-0.1, -0.05) is 12.8 Å². The van der Waals surface area contributed by atoms with E-state index in [2.05, 4.69) is 16.4 Å². The van der Waals surface area contributed by atoms with Crippen LogP contribution in [-0.4, -0.2) is 34.8 Å². The highest BCUT2D eigenvalue weighted by atomic mass is 16.5. The number of hydrogen-bond acceptors (Lipinski definition) is 5. The lowest BCUT2D eigenvalue weighted by atomic mass is 10.1. The zero-order chi connectivity index (χ0) is 18.3. The number of aromatic nitrogens is 1. The number of carbonyl (C=O) groups is 2. The van der Waals surface area contributed by atoms with Gasteiger partial charge in [-0.05, 0) is 31.7 Å². The summed E-state index contributed by atoms with van der Waals surface area (Å²) in [7, 11) is 1.53. The third-order valence-electron chi connectivity index (χ3n) is 5.75. The SMILES string of the molecule is COc1nc2c(cc1CNC(=O)C1(C#N)CC1)C(=O)N(C1CCCC1)C2. The molecule has 4 rings (SSSR count). The van der Waals surface area contributed by atoms with Gasteiger partial charge in [0.05, 0.1) is 31.0 Å². The van der Waals surface area contributed by atoms with Crippen LogP contribution in [0.1, 0.15) is 60.1 Å². The molecule has 7 heteroatoms. The van der Waals surface area contributed by atoms with Crippen molar-refractivity contribution >= 4 is 11.8 Å². The number of hydrogen-bond donors (Lipinski definition) is 1. The highest BCUT2D eigenvalue weighted by molar-refractivity contribution is 5.98. The minimum absolute atomic E-state index is 0.0188. The molecule has 0 bridgehead atoms. The van der Waals surface area contributed by atoms with Crippen molar-refractivity contribution in [3.05, 3.63) is 22.9 Å². The lowest BCUT2D eigenvalue weighted by Gasteiger charge is -2.22. The van der Waals surface area contributed by atoms with Gasteiger partial charge in [0.25, 0.3) is 5.91 Å². The number of nitrogens with one attached hydrogen (secondary N) is 1. The molecule has 0 radical (unpaired) electrons. The lowest BCUT2D eigenvalue weighted by molar-refractivity contribution is -0.124. The minimum atomic E-state index is -0.869. The number of pyridine rings is 1. The lowest BCUT2D eigenvalue weighted by Crippen LogP contribution is -2.33. The van der Waals surface area contributed by atoms with Crippen molar-refractivity contribution in [3.8, 4) is 11.9 Å². The second-order valence-electron chi connectivity index (χ2n) is 7.40. The second-order valence-corrected chi connectivity index (χ2v) is 7.40. The Morgan fingerprint density at radius 3 is 2.81 bits per heavy atom. The number of ether oxygens (including phenoxy) is 1. The average molecular weight is 354 g/mol.